The number of hydrogen-bond acceptors (Lipinski definition) is 6. The van der Waals surface area contributed by atoms with Crippen LogP contribution in [0.2, 0.25) is 5.02 Å². The van der Waals surface area contributed by atoms with Gasteiger partial charge >= 0.3 is 0 Å². The van der Waals surface area contributed by atoms with Gasteiger partial charge in [0.2, 0.25) is 5.95 Å². The number of carbonyl (C=O) groups excluding carboxylic acids is 1. The first-order chi connectivity index (χ1) is 14.5. The number of para-hydroxylation sites is 1. The van der Waals surface area contributed by atoms with Crippen LogP contribution in [0, 0.1) is 6.92 Å². The zero-order chi connectivity index (χ0) is 21.1. The van der Waals surface area contributed by atoms with Crippen LogP contribution in [-0.2, 0) is 4.74 Å². The van der Waals surface area contributed by atoms with Crippen molar-refractivity contribution in [2.24, 2.45) is 0 Å². The molecule has 1 atom stereocenters. The van der Waals surface area contributed by atoms with E-state index in [1.165, 1.54) is 11.8 Å². The number of Topliss-reactive ketones (excluding diaryl/α,β-unsaturated/α-hetero) is 1. The minimum atomic E-state index is -0.323. The Balaban J connectivity index is 1.67. The van der Waals surface area contributed by atoms with Gasteiger partial charge < -0.3 is 9.64 Å². The largest absolute Gasteiger partial charge is 0.378 e. The summed E-state index contributed by atoms with van der Waals surface area (Å²) in [5, 5.41) is 9.93. The van der Waals surface area contributed by atoms with Crippen molar-refractivity contribution < 1.29 is 9.53 Å². The van der Waals surface area contributed by atoms with Crippen LogP contribution < -0.4 is 4.90 Å². The van der Waals surface area contributed by atoms with E-state index in [0.29, 0.717) is 29.0 Å². The van der Waals surface area contributed by atoms with E-state index in [9.17, 15) is 4.79 Å². The van der Waals surface area contributed by atoms with Crippen molar-refractivity contribution in [3.05, 3.63) is 64.7 Å². The molecule has 30 heavy (non-hydrogen) atoms. The molecule has 4 rings (SSSR count). The first-order valence-electron chi connectivity index (χ1n) is 9.85. The number of aryl methyl sites for hydroxylation is 1. The summed E-state index contributed by atoms with van der Waals surface area (Å²) in [7, 11) is 0. The zero-order valence-electron chi connectivity index (χ0n) is 16.9. The molecule has 0 saturated carbocycles. The van der Waals surface area contributed by atoms with E-state index in [0.717, 1.165) is 30.3 Å². The van der Waals surface area contributed by atoms with E-state index in [-0.39, 0.29) is 11.0 Å². The van der Waals surface area contributed by atoms with Crippen molar-refractivity contribution in [3.63, 3.8) is 0 Å². The van der Waals surface area contributed by atoms with Crippen LogP contribution in [0.3, 0.4) is 0 Å². The number of aromatic nitrogens is 3. The highest BCUT2D eigenvalue weighted by atomic mass is 35.5. The quantitative estimate of drug-likeness (QED) is 0.415. The highest BCUT2D eigenvalue weighted by molar-refractivity contribution is 8.00. The Labute approximate surface area is 185 Å². The number of rotatable bonds is 6. The molecule has 3 aromatic rings. The third-order valence-electron chi connectivity index (χ3n) is 5.05. The van der Waals surface area contributed by atoms with Crippen molar-refractivity contribution in [1.82, 2.24) is 14.8 Å². The van der Waals surface area contributed by atoms with E-state index in [2.05, 4.69) is 38.7 Å². The Morgan fingerprint density at radius 2 is 1.80 bits per heavy atom. The summed E-state index contributed by atoms with van der Waals surface area (Å²) >= 11 is 7.37. The minimum Gasteiger partial charge on any atom is -0.378 e. The fourth-order valence-corrected chi connectivity index (χ4v) is 4.45. The number of carbonyl (C=O) groups is 1. The summed E-state index contributed by atoms with van der Waals surface area (Å²) in [6.45, 7) is 6.80. The first kappa shape index (κ1) is 20.9. The van der Waals surface area contributed by atoms with Gasteiger partial charge in [-0.15, -0.1) is 10.2 Å². The number of benzene rings is 2. The number of ketones is 1. The standard InChI is InChI=1S/C22H23ClN4O2S/c1-15-5-3-4-6-19(15)27-21(26-11-13-29-14-12-26)24-25-22(27)30-16(2)20(28)17-7-9-18(23)10-8-17/h3-10,16H,11-14H2,1-2H3/t16-/m1/s1. The Morgan fingerprint density at radius 3 is 2.50 bits per heavy atom. The number of halogens is 1. The van der Waals surface area contributed by atoms with Crippen LogP contribution in [0.4, 0.5) is 5.95 Å². The molecule has 0 unspecified atom stereocenters. The van der Waals surface area contributed by atoms with E-state index in [1.807, 2.05) is 19.1 Å². The molecule has 8 heteroatoms. The molecule has 2 heterocycles. The molecule has 0 amide bonds. The second-order valence-corrected chi connectivity index (χ2v) is 8.88. The van der Waals surface area contributed by atoms with E-state index < -0.39 is 0 Å². The Morgan fingerprint density at radius 1 is 1.10 bits per heavy atom. The lowest BCUT2D eigenvalue weighted by atomic mass is 10.1. The normalized spacial score (nSPS) is 15.2. The van der Waals surface area contributed by atoms with Gasteiger partial charge in [0.1, 0.15) is 0 Å². The molecule has 0 radical (unpaired) electrons. The Hall–Kier alpha value is -2.35. The number of hydrogen-bond donors (Lipinski definition) is 0. The van der Waals surface area contributed by atoms with E-state index >= 15 is 0 Å². The average molecular weight is 443 g/mol. The predicted molar refractivity (Wildman–Crippen MR) is 120 cm³/mol. The topological polar surface area (TPSA) is 60.2 Å². The summed E-state index contributed by atoms with van der Waals surface area (Å²) in [6, 6.07) is 15.1. The number of anilines is 1. The van der Waals surface area contributed by atoms with Crippen molar-refractivity contribution in [2.75, 3.05) is 31.2 Å². The third kappa shape index (κ3) is 4.38. The monoisotopic (exact) mass is 442 g/mol. The molecule has 1 aromatic heterocycles. The molecular formula is C22H23ClN4O2S. The van der Waals surface area contributed by atoms with Crippen LogP contribution in [0.25, 0.3) is 5.69 Å². The maximum absolute atomic E-state index is 12.9. The number of ether oxygens (including phenoxy) is 1. The van der Waals surface area contributed by atoms with Crippen LogP contribution in [0.5, 0.6) is 0 Å². The van der Waals surface area contributed by atoms with Gasteiger partial charge in [-0.1, -0.05) is 41.6 Å². The Kier molecular flexibility index (Phi) is 6.41. The highest BCUT2D eigenvalue weighted by Gasteiger charge is 2.25. The predicted octanol–water partition coefficient (Wildman–Crippen LogP) is 4.43. The highest BCUT2D eigenvalue weighted by Crippen LogP contribution is 2.32. The molecule has 1 aliphatic heterocycles. The van der Waals surface area contributed by atoms with Gasteiger partial charge in [-0.3, -0.25) is 9.36 Å². The lowest BCUT2D eigenvalue weighted by molar-refractivity contribution is 0.0994. The molecule has 0 spiro atoms. The molecule has 1 saturated heterocycles. The van der Waals surface area contributed by atoms with Gasteiger partial charge in [0.05, 0.1) is 24.2 Å². The van der Waals surface area contributed by atoms with Crippen molar-refractivity contribution >= 4 is 35.1 Å². The molecule has 0 N–H and O–H groups in total. The number of morpholine rings is 1. The maximum atomic E-state index is 12.9. The molecule has 0 bridgehead atoms. The summed E-state index contributed by atoms with van der Waals surface area (Å²) in [4.78, 5) is 15.1. The summed E-state index contributed by atoms with van der Waals surface area (Å²) in [6.07, 6.45) is 0. The molecule has 2 aromatic carbocycles. The SMILES string of the molecule is Cc1ccccc1-n1c(S[C@H](C)C(=O)c2ccc(Cl)cc2)nnc1N1CCOCC1. The zero-order valence-corrected chi connectivity index (χ0v) is 18.5. The third-order valence-corrected chi connectivity index (χ3v) is 6.34. The summed E-state index contributed by atoms with van der Waals surface area (Å²) < 4.78 is 7.54. The van der Waals surface area contributed by atoms with Gasteiger partial charge in [-0.05, 0) is 49.7 Å². The summed E-state index contributed by atoms with van der Waals surface area (Å²) in [5.74, 6) is 0.810. The van der Waals surface area contributed by atoms with Crippen molar-refractivity contribution in [2.45, 2.75) is 24.3 Å². The van der Waals surface area contributed by atoms with Gasteiger partial charge in [0, 0.05) is 23.7 Å². The van der Waals surface area contributed by atoms with E-state index in [1.54, 1.807) is 24.3 Å². The van der Waals surface area contributed by atoms with Gasteiger partial charge in [-0.25, -0.2) is 0 Å². The average Bonchev–Trinajstić information content (AvgIpc) is 3.18. The second kappa shape index (κ2) is 9.20. The second-order valence-electron chi connectivity index (χ2n) is 7.14. The smallest absolute Gasteiger partial charge is 0.232 e. The van der Waals surface area contributed by atoms with Crippen LogP contribution in [0.15, 0.2) is 53.7 Å². The molecule has 1 fully saturated rings. The lowest BCUT2D eigenvalue weighted by Crippen LogP contribution is -2.38. The number of thioether (sulfide) groups is 1. The maximum Gasteiger partial charge on any atom is 0.232 e. The fourth-order valence-electron chi connectivity index (χ4n) is 3.39. The minimum absolute atomic E-state index is 0.0314. The lowest BCUT2D eigenvalue weighted by Gasteiger charge is -2.28. The van der Waals surface area contributed by atoms with Gasteiger partial charge in [0.15, 0.2) is 10.9 Å². The summed E-state index contributed by atoms with van der Waals surface area (Å²) in [5.41, 5.74) is 2.76. The Bertz CT molecular complexity index is 1030. The van der Waals surface area contributed by atoms with Crippen molar-refractivity contribution in [3.8, 4) is 5.69 Å². The van der Waals surface area contributed by atoms with Crippen LogP contribution >= 0.6 is 23.4 Å². The molecule has 0 aliphatic carbocycles. The van der Waals surface area contributed by atoms with Gasteiger partial charge in [-0.2, -0.15) is 0 Å². The molecular weight excluding hydrogens is 420 g/mol. The van der Waals surface area contributed by atoms with Gasteiger partial charge in [0.25, 0.3) is 0 Å². The van der Waals surface area contributed by atoms with Crippen molar-refractivity contribution in [1.29, 1.82) is 0 Å². The van der Waals surface area contributed by atoms with E-state index in [4.69, 9.17) is 16.3 Å². The molecule has 156 valence electrons. The molecule has 6 nitrogen and oxygen atoms in total. The fraction of sp³-hybridized carbons (Fsp3) is 0.318. The number of nitrogens with zero attached hydrogens (tertiary/aromatic N) is 4. The van der Waals surface area contributed by atoms with Crippen LogP contribution in [-0.4, -0.2) is 52.1 Å². The molecule has 1 aliphatic rings. The first-order valence-corrected chi connectivity index (χ1v) is 11.1. The van der Waals surface area contributed by atoms with Crippen LogP contribution in [0.1, 0.15) is 22.8 Å².